The molecule has 0 saturated heterocycles. The summed E-state index contributed by atoms with van der Waals surface area (Å²) >= 11 is 0. The molecule has 1 rings (SSSR count). The highest BCUT2D eigenvalue weighted by molar-refractivity contribution is 7.47. The summed E-state index contributed by atoms with van der Waals surface area (Å²) in [5.74, 6) is 0. The lowest BCUT2D eigenvalue weighted by atomic mass is 9.85. The molecule has 0 amide bonds. The van der Waals surface area contributed by atoms with E-state index >= 15 is 0 Å². The molecule has 0 aliphatic heterocycles. The van der Waals surface area contributed by atoms with Gasteiger partial charge in [-0.05, 0) is 6.42 Å². The van der Waals surface area contributed by atoms with Crippen molar-refractivity contribution in [3.05, 3.63) is 0 Å². The summed E-state index contributed by atoms with van der Waals surface area (Å²) in [6.07, 6.45) is 8.72. The number of aliphatic hydroxyl groups is 5. The standard InChI is InChI=1S/C28H57O11P/c1-3-4-5-6-7-8-9-10-11-12-13-14-15-16-17-18-19-37-20-22(36-2)21-38-40(34,35)39-28-26(32)24(30)23(29)25(31)27(28)33/h22-33H,3-21H2,1-2H3,(H,34,35)/t22-,23-,24-,25+,26+,27+,28-/m1/s1. The number of hydrogen-bond acceptors (Lipinski definition) is 10. The van der Waals surface area contributed by atoms with Gasteiger partial charge in [0.05, 0.1) is 13.2 Å². The van der Waals surface area contributed by atoms with Gasteiger partial charge in [-0.2, -0.15) is 0 Å². The van der Waals surface area contributed by atoms with Crippen molar-refractivity contribution in [2.75, 3.05) is 26.9 Å². The van der Waals surface area contributed by atoms with Gasteiger partial charge < -0.3 is 39.9 Å². The quantitative estimate of drug-likeness (QED) is 0.0667. The van der Waals surface area contributed by atoms with Crippen LogP contribution in [0.1, 0.15) is 110 Å². The van der Waals surface area contributed by atoms with Crippen LogP contribution in [-0.2, 0) is 23.1 Å². The molecule has 0 aromatic rings. The van der Waals surface area contributed by atoms with Gasteiger partial charge >= 0.3 is 7.82 Å². The van der Waals surface area contributed by atoms with Crippen LogP contribution in [0.4, 0.5) is 0 Å². The molecule has 40 heavy (non-hydrogen) atoms. The zero-order valence-electron chi connectivity index (χ0n) is 24.6. The summed E-state index contributed by atoms with van der Waals surface area (Å²) in [7, 11) is -3.41. The number of phosphoric acid groups is 1. The first kappa shape index (κ1) is 37.9. The van der Waals surface area contributed by atoms with Gasteiger partial charge in [0.25, 0.3) is 0 Å². The lowest BCUT2D eigenvalue weighted by molar-refractivity contribution is -0.220. The Balaban J connectivity index is 2.05. The van der Waals surface area contributed by atoms with Crippen LogP contribution >= 0.6 is 7.82 Å². The summed E-state index contributed by atoms with van der Waals surface area (Å²) in [5.41, 5.74) is 0. The van der Waals surface area contributed by atoms with E-state index in [0.717, 1.165) is 12.8 Å². The molecule has 6 N–H and O–H groups in total. The fourth-order valence-electron chi connectivity index (χ4n) is 4.83. The summed E-state index contributed by atoms with van der Waals surface area (Å²) in [6.45, 7) is 2.55. The molecule has 1 fully saturated rings. The summed E-state index contributed by atoms with van der Waals surface area (Å²) < 4.78 is 32.8. The van der Waals surface area contributed by atoms with Crippen LogP contribution in [0.15, 0.2) is 0 Å². The highest BCUT2D eigenvalue weighted by Crippen LogP contribution is 2.47. The number of phosphoric ester groups is 1. The molecule has 0 aromatic heterocycles. The maximum Gasteiger partial charge on any atom is 0.472 e. The van der Waals surface area contributed by atoms with Gasteiger partial charge in [-0.3, -0.25) is 9.05 Å². The fourth-order valence-corrected chi connectivity index (χ4v) is 5.81. The SMILES string of the molecule is CCCCCCCCCCCCCCCCCCOC[C@H](COP(=O)(O)O[C@@H]1[C@@H](O)[C@H](O)[C@@H](O)[C@H](O)[C@@H]1O)OC. The minimum Gasteiger partial charge on any atom is -0.387 e. The second-order valence-corrected chi connectivity index (χ2v) is 12.4. The zero-order chi connectivity index (χ0) is 29.8. The maximum atomic E-state index is 12.3. The molecule has 8 atom stereocenters. The zero-order valence-corrected chi connectivity index (χ0v) is 25.5. The van der Waals surface area contributed by atoms with Gasteiger partial charge in [-0.15, -0.1) is 0 Å². The van der Waals surface area contributed by atoms with Gasteiger partial charge in [0.15, 0.2) is 0 Å². The minimum absolute atomic E-state index is 0.132. The second kappa shape index (κ2) is 22.4. The Kier molecular flexibility index (Phi) is 21.2. The minimum atomic E-state index is -4.81. The first-order valence-corrected chi connectivity index (χ1v) is 16.8. The monoisotopic (exact) mass is 600 g/mol. The van der Waals surface area contributed by atoms with Crippen molar-refractivity contribution >= 4 is 7.82 Å². The fraction of sp³-hybridized carbons (Fsp3) is 1.00. The van der Waals surface area contributed by atoms with Crippen LogP contribution in [0.2, 0.25) is 0 Å². The van der Waals surface area contributed by atoms with E-state index in [4.69, 9.17) is 18.5 Å². The van der Waals surface area contributed by atoms with Crippen LogP contribution in [0.5, 0.6) is 0 Å². The Morgan fingerprint density at radius 3 is 1.45 bits per heavy atom. The van der Waals surface area contributed by atoms with Gasteiger partial charge in [0.2, 0.25) is 0 Å². The van der Waals surface area contributed by atoms with Crippen LogP contribution in [-0.4, -0.2) is 100 Å². The van der Waals surface area contributed by atoms with Crippen LogP contribution in [0, 0.1) is 0 Å². The highest BCUT2D eigenvalue weighted by atomic mass is 31.2. The molecule has 0 bridgehead atoms. The van der Waals surface area contributed by atoms with E-state index < -0.39 is 50.6 Å². The van der Waals surface area contributed by atoms with E-state index in [1.807, 2.05) is 0 Å². The summed E-state index contributed by atoms with van der Waals surface area (Å²) in [5, 5.41) is 49.0. The van der Waals surface area contributed by atoms with Crippen molar-refractivity contribution in [1.29, 1.82) is 0 Å². The average Bonchev–Trinajstić information content (AvgIpc) is 2.94. The first-order valence-electron chi connectivity index (χ1n) is 15.3. The molecule has 11 nitrogen and oxygen atoms in total. The molecule has 1 aliphatic carbocycles. The van der Waals surface area contributed by atoms with Crippen LogP contribution in [0.3, 0.4) is 0 Å². The third-order valence-corrected chi connectivity index (χ3v) is 8.52. The van der Waals surface area contributed by atoms with E-state index in [1.165, 1.54) is 97.0 Å². The molecular weight excluding hydrogens is 543 g/mol. The highest BCUT2D eigenvalue weighted by Gasteiger charge is 2.51. The van der Waals surface area contributed by atoms with Crippen molar-refractivity contribution in [2.24, 2.45) is 0 Å². The van der Waals surface area contributed by atoms with Crippen molar-refractivity contribution in [3.63, 3.8) is 0 Å². The Morgan fingerprint density at radius 2 is 1.02 bits per heavy atom. The predicted octanol–water partition coefficient (Wildman–Crippen LogP) is 3.60. The second-order valence-electron chi connectivity index (χ2n) is 11.0. The number of rotatable bonds is 25. The number of hydrogen-bond donors (Lipinski definition) is 6. The molecule has 0 radical (unpaired) electrons. The summed E-state index contributed by atoms with van der Waals surface area (Å²) in [4.78, 5) is 9.98. The van der Waals surface area contributed by atoms with E-state index in [1.54, 1.807) is 0 Å². The smallest absolute Gasteiger partial charge is 0.387 e. The summed E-state index contributed by atoms with van der Waals surface area (Å²) in [6, 6.07) is 0. The topological polar surface area (TPSA) is 175 Å². The molecule has 240 valence electrons. The molecular formula is C28H57O11P. The van der Waals surface area contributed by atoms with E-state index in [9.17, 15) is 35.0 Å². The molecule has 1 unspecified atom stereocenters. The number of methoxy groups -OCH3 is 1. The van der Waals surface area contributed by atoms with Gasteiger partial charge in [0.1, 0.15) is 42.7 Å². The Labute approximate surface area is 240 Å². The normalized spacial score (nSPS) is 27.5. The molecule has 0 aromatic carbocycles. The van der Waals surface area contributed by atoms with Gasteiger partial charge in [0, 0.05) is 13.7 Å². The molecule has 0 spiro atoms. The molecule has 1 saturated carbocycles. The maximum absolute atomic E-state index is 12.3. The van der Waals surface area contributed by atoms with E-state index in [2.05, 4.69) is 6.92 Å². The van der Waals surface area contributed by atoms with Crippen LogP contribution in [0.25, 0.3) is 0 Å². The number of aliphatic hydroxyl groups excluding tert-OH is 5. The van der Waals surface area contributed by atoms with E-state index in [0.29, 0.717) is 6.61 Å². The Hall–Kier alpha value is -0.170. The number of ether oxygens (including phenoxy) is 2. The van der Waals surface area contributed by atoms with Crippen LogP contribution < -0.4 is 0 Å². The Bertz CT molecular complexity index is 640. The molecule has 12 heteroatoms. The predicted molar refractivity (Wildman–Crippen MR) is 152 cm³/mol. The Morgan fingerprint density at radius 1 is 0.625 bits per heavy atom. The third kappa shape index (κ3) is 15.9. The van der Waals surface area contributed by atoms with Crippen molar-refractivity contribution < 1.29 is 53.5 Å². The molecule has 0 heterocycles. The van der Waals surface area contributed by atoms with Gasteiger partial charge in [-0.25, -0.2) is 4.57 Å². The third-order valence-electron chi connectivity index (χ3n) is 7.53. The first-order chi connectivity index (χ1) is 19.1. The van der Waals surface area contributed by atoms with Gasteiger partial charge in [-0.1, -0.05) is 103 Å². The van der Waals surface area contributed by atoms with Crippen molar-refractivity contribution in [2.45, 2.75) is 152 Å². The average molecular weight is 601 g/mol. The number of unbranched alkanes of at least 4 members (excludes halogenated alkanes) is 15. The lowest BCUT2D eigenvalue weighted by Gasteiger charge is -2.41. The van der Waals surface area contributed by atoms with Crippen molar-refractivity contribution in [3.8, 4) is 0 Å². The molecule has 1 aliphatic rings. The van der Waals surface area contributed by atoms with Crippen molar-refractivity contribution in [1.82, 2.24) is 0 Å². The largest absolute Gasteiger partial charge is 0.472 e. The lowest BCUT2D eigenvalue weighted by Crippen LogP contribution is -2.64. The van der Waals surface area contributed by atoms with E-state index in [-0.39, 0.29) is 13.2 Å².